The Morgan fingerprint density at radius 1 is 0.484 bits per heavy atom. The quantitative estimate of drug-likeness (QED) is 0.146. The van der Waals surface area contributed by atoms with Gasteiger partial charge in [0.25, 0.3) is 0 Å². The van der Waals surface area contributed by atoms with E-state index in [1.807, 2.05) is 0 Å². The molecule has 0 nitrogen and oxygen atoms in total. The van der Waals surface area contributed by atoms with E-state index in [1.54, 1.807) is 0 Å². The molecule has 0 unspecified atom stereocenters. The SMILES string of the molecule is Cl.Cl.[CH2]=[Hf]([C]1=CC=CC1)([c]1ccc(C(C)(C)C)cc1)([c]1ccc(C(C)(C)C)cc1)[c]1c2c(cc(C(C)(C)C)c1-c1ccccc1)-c1cc(C(C)(C)C)c(-c3ccccc3)cc1C2. The van der Waals surface area contributed by atoms with Crippen LogP contribution < -0.4 is 9.96 Å². The van der Waals surface area contributed by atoms with Crippen LogP contribution in [-0.4, -0.2) is 4.26 Å². The van der Waals surface area contributed by atoms with Crippen LogP contribution in [0.2, 0.25) is 0 Å². The van der Waals surface area contributed by atoms with Gasteiger partial charge in [-0.05, 0) is 0 Å². The maximum atomic E-state index is 6.06. The molecule has 0 radical (unpaired) electrons. The van der Waals surface area contributed by atoms with Gasteiger partial charge in [-0.3, -0.25) is 0 Å². The number of benzene rings is 6. The molecule has 0 bridgehead atoms. The summed E-state index contributed by atoms with van der Waals surface area (Å²) < 4.78 is 11.9. The number of hydrogen-bond acceptors (Lipinski definition) is 0. The summed E-state index contributed by atoms with van der Waals surface area (Å²) in [5.74, 6) is 0. The molecule has 0 amide bonds. The fourth-order valence-corrected chi connectivity index (χ4v) is 33.9. The summed E-state index contributed by atoms with van der Waals surface area (Å²) in [6.07, 6.45) is 8.96. The van der Waals surface area contributed by atoms with Crippen LogP contribution in [0.15, 0.2) is 149 Å². The number of fused-ring (bicyclic) bond motifs is 3. The molecule has 0 saturated carbocycles. The Bertz CT molecular complexity index is 2680. The van der Waals surface area contributed by atoms with E-state index in [0.717, 1.165) is 12.8 Å². The van der Waals surface area contributed by atoms with E-state index in [9.17, 15) is 0 Å². The van der Waals surface area contributed by atoms with Crippen LogP contribution in [0.3, 0.4) is 0 Å². The molecule has 2 aliphatic carbocycles. The summed E-state index contributed by atoms with van der Waals surface area (Å²) in [5, 5.41) is 0. The van der Waals surface area contributed by atoms with Crippen molar-refractivity contribution in [1.29, 1.82) is 0 Å². The van der Waals surface area contributed by atoms with Crippen molar-refractivity contribution in [3.63, 3.8) is 0 Å². The molecule has 0 heterocycles. The van der Waals surface area contributed by atoms with Gasteiger partial charge in [-0.25, -0.2) is 0 Å². The van der Waals surface area contributed by atoms with Crippen LogP contribution in [0.4, 0.5) is 0 Å². The third-order valence-corrected chi connectivity index (χ3v) is 37.8. The zero-order valence-electron chi connectivity index (χ0n) is 39.3. The zero-order valence-corrected chi connectivity index (χ0v) is 44.5. The fourth-order valence-electron chi connectivity index (χ4n) is 10.5. The van der Waals surface area contributed by atoms with E-state index < -0.39 is 18.0 Å². The second-order valence-electron chi connectivity index (χ2n) is 22.1. The van der Waals surface area contributed by atoms with Crippen molar-refractivity contribution in [2.75, 3.05) is 0 Å². The van der Waals surface area contributed by atoms with Crippen LogP contribution in [0, 0.1) is 0 Å². The molecule has 0 aromatic heterocycles. The Hall–Kier alpha value is -3.88. The number of allylic oxidation sites excluding steroid dienone is 4. The molecule has 62 heavy (non-hydrogen) atoms. The first-order valence-corrected chi connectivity index (χ1v) is 31.9. The molecule has 0 spiro atoms. The Morgan fingerprint density at radius 3 is 1.39 bits per heavy atom. The van der Waals surface area contributed by atoms with Crippen molar-refractivity contribution in [1.82, 2.24) is 0 Å². The molecular weight excluding hydrogens is 958 g/mol. The number of hydrogen-bond donors (Lipinski definition) is 0. The average molecular weight is 1030 g/mol. The summed E-state index contributed by atoms with van der Waals surface area (Å²) in [6, 6.07) is 49.9. The second-order valence-corrected chi connectivity index (χ2v) is 40.8. The molecule has 322 valence electrons. The van der Waals surface area contributed by atoms with Crippen LogP contribution in [0.5, 0.6) is 0 Å². The normalized spacial score (nSPS) is 14.1. The van der Waals surface area contributed by atoms with Crippen LogP contribution >= 0.6 is 24.8 Å². The minimum atomic E-state index is -5.48. The van der Waals surface area contributed by atoms with Crippen LogP contribution in [-0.2, 0) is 46.1 Å². The maximum absolute atomic E-state index is 6.06. The van der Waals surface area contributed by atoms with Gasteiger partial charge in [0.2, 0.25) is 0 Å². The monoisotopic (exact) mass is 1030 g/mol. The summed E-state index contributed by atoms with van der Waals surface area (Å²) in [6.45, 7) is 28.3. The molecule has 0 atom stereocenters. The third-order valence-electron chi connectivity index (χ3n) is 13.9. The van der Waals surface area contributed by atoms with E-state index in [0.29, 0.717) is 0 Å². The van der Waals surface area contributed by atoms with Crippen molar-refractivity contribution in [3.05, 3.63) is 182 Å². The summed E-state index contributed by atoms with van der Waals surface area (Å²) in [5.41, 5.74) is 16.3. The van der Waals surface area contributed by atoms with Crippen molar-refractivity contribution >= 4 is 39.0 Å². The predicted molar refractivity (Wildman–Crippen MR) is 276 cm³/mol. The van der Waals surface area contributed by atoms with Crippen LogP contribution in [0.1, 0.15) is 123 Å². The molecular formula is C59H68Cl2Hf. The van der Waals surface area contributed by atoms with Gasteiger partial charge < -0.3 is 0 Å². The number of halogens is 2. The molecule has 0 saturated heterocycles. The molecule has 6 aromatic carbocycles. The van der Waals surface area contributed by atoms with E-state index in [1.165, 1.54) is 80.1 Å². The summed E-state index contributed by atoms with van der Waals surface area (Å²) >= 11 is -5.48. The first-order chi connectivity index (χ1) is 28.1. The van der Waals surface area contributed by atoms with Gasteiger partial charge in [0, 0.05) is 0 Å². The van der Waals surface area contributed by atoms with Gasteiger partial charge in [-0.2, -0.15) is 0 Å². The standard InChI is InChI=1S/C33H33.2C10H13.C5H5.CH2.2ClH.Hf/c1-32(2,3)30-20-26-24(18-28(30)22-13-9-7-10-14-22)17-25-19-29(23-15-11-8-12-16-23)31(21-27(25)26)33(4,5)6;2*1-10(2,3)9-7-5-4-6-8-9;1-2-4-5-3-1;;;;/h7-16,18,20-21H,17H2,1-6H3;2*5-8H,1-3H3;1-3H,4H2;1H2;2*1H;. The van der Waals surface area contributed by atoms with Gasteiger partial charge >= 0.3 is 366 Å². The van der Waals surface area contributed by atoms with Crippen molar-refractivity contribution in [2.24, 2.45) is 0 Å². The first-order valence-electron chi connectivity index (χ1n) is 22.2. The molecule has 8 rings (SSSR count). The van der Waals surface area contributed by atoms with Gasteiger partial charge in [0.1, 0.15) is 0 Å². The Balaban J connectivity index is 0.00000321. The molecule has 2 aliphatic rings. The van der Waals surface area contributed by atoms with Crippen molar-refractivity contribution < 1.29 is 18.0 Å². The summed E-state index contributed by atoms with van der Waals surface area (Å²) in [4.78, 5) is 0. The van der Waals surface area contributed by atoms with E-state index in [4.69, 9.17) is 4.26 Å². The molecule has 3 heteroatoms. The van der Waals surface area contributed by atoms with Gasteiger partial charge in [-0.15, -0.1) is 24.8 Å². The van der Waals surface area contributed by atoms with Gasteiger partial charge in [0.15, 0.2) is 0 Å². The number of rotatable bonds is 6. The van der Waals surface area contributed by atoms with E-state index in [-0.39, 0.29) is 46.5 Å². The Labute approximate surface area is 387 Å². The van der Waals surface area contributed by atoms with Crippen LogP contribution in [0.25, 0.3) is 33.4 Å². The minimum absolute atomic E-state index is 0. The van der Waals surface area contributed by atoms with E-state index in [2.05, 4.69) is 229 Å². The van der Waals surface area contributed by atoms with Gasteiger partial charge in [0.05, 0.1) is 0 Å². The Morgan fingerprint density at radius 2 is 0.952 bits per heavy atom. The molecule has 0 fully saturated rings. The molecule has 0 aliphatic heterocycles. The van der Waals surface area contributed by atoms with E-state index >= 15 is 0 Å². The summed E-state index contributed by atoms with van der Waals surface area (Å²) in [7, 11) is 0. The average Bonchev–Trinajstić information content (AvgIpc) is 3.88. The zero-order chi connectivity index (χ0) is 43.1. The Kier molecular flexibility index (Phi) is 12.7. The topological polar surface area (TPSA) is 0 Å². The van der Waals surface area contributed by atoms with Crippen molar-refractivity contribution in [2.45, 2.75) is 118 Å². The molecule has 0 N–H and O–H groups in total. The molecule has 6 aromatic rings. The third kappa shape index (κ3) is 7.88. The fraction of sp³-hybridized carbons (Fsp3) is 0.305. The second kappa shape index (κ2) is 16.6. The van der Waals surface area contributed by atoms with Gasteiger partial charge in [-0.1, -0.05) is 0 Å². The van der Waals surface area contributed by atoms with Crippen molar-refractivity contribution in [3.8, 4) is 33.4 Å². The first kappa shape index (κ1) is 47.6. The predicted octanol–water partition coefficient (Wildman–Crippen LogP) is 14.9.